The molecule has 2 nitrogen and oxygen atoms in total. The number of furan rings is 2. The summed E-state index contributed by atoms with van der Waals surface area (Å²) in [6, 6.07) is 59.3. The predicted octanol–water partition coefficient (Wildman–Crippen LogP) is 15.2. The van der Waals surface area contributed by atoms with Crippen LogP contribution in [0, 0.1) is 0 Å². The van der Waals surface area contributed by atoms with Gasteiger partial charge in [-0.3, -0.25) is 0 Å². The summed E-state index contributed by atoms with van der Waals surface area (Å²) in [6.07, 6.45) is 1.87. The van der Waals surface area contributed by atoms with Crippen molar-refractivity contribution in [1.29, 1.82) is 0 Å². The summed E-state index contributed by atoms with van der Waals surface area (Å²) >= 11 is 1.89. The zero-order valence-electron chi connectivity index (χ0n) is 28.4. The van der Waals surface area contributed by atoms with Crippen molar-refractivity contribution in [3.05, 3.63) is 170 Å². The Morgan fingerprint density at radius 3 is 1.81 bits per heavy atom. The zero-order valence-corrected chi connectivity index (χ0v) is 29.2. The van der Waals surface area contributed by atoms with Crippen LogP contribution in [0.2, 0.25) is 0 Å². The van der Waals surface area contributed by atoms with Crippen LogP contribution in [0.3, 0.4) is 0 Å². The lowest BCUT2D eigenvalue weighted by Gasteiger charge is -2.18. The number of hydrogen-bond acceptors (Lipinski definition) is 3. The Kier molecular flexibility index (Phi) is 5.96. The maximum atomic E-state index is 6.71. The highest BCUT2D eigenvalue weighted by Crippen LogP contribution is 2.48. The van der Waals surface area contributed by atoms with Gasteiger partial charge in [-0.2, -0.15) is 0 Å². The molecule has 9 aromatic carbocycles. The molecule has 0 saturated carbocycles. The Bertz CT molecular complexity index is 3410. The molecule has 0 aliphatic carbocycles. The highest BCUT2D eigenvalue weighted by Gasteiger charge is 2.21. The second-order valence-corrected chi connectivity index (χ2v) is 15.0. The van der Waals surface area contributed by atoms with Crippen molar-refractivity contribution in [2.45, 2.75) is 0 Å². The van der Waals surface area contributed by atoms with Crippen molar-refractivity contribution in [3.8, 4) is 33.4 Å². The molecule has 3 heterocycles. The first-order chi connectivity index (χ1) is 26.3. The molecular weight excluding hydrogens is 665 g/mol. The maximum Gasteiger partial charge on any atom is 0.136 e. The smallest absolute Gasteiger partial charge is 0.136 e. The number of rotatable bonds is 3. The first-order valence-corrected chi connectivity index (χ1v) is 18.8. The molecule has 3 aromatic heterocycles. The minimum Gasteiger partial charge on any atom is -0.464 e. The van der Waals surface area contributed by atoms with Crippen molar-refractivity contribution in [2.75, 3.05) is 0 Å². The predicted molar refractivity (Wildman–Crippen MR) is 225 cm³/mol. The van der Waals surface area contributed by atoms with Gasteiger partial charge in [0.25, 0.3) is 0 Å². The van der Waals surface area contributed by atoms with Crippen LogP contribution in [0.25, 0.3) is 119 Å². The van der Waals surface area contributed by atoms with E-state index in [-0.39, 0.29) is 0 Å². The van der Waals surface area contributed by atoms with E-state index in [9.17, 15) is 0 Å². The van der Waals surface area contributed by atoms with Crippen LogP contribution < -0.4 is 0 Å². The van der Waals surface area contributed by atoms with E-state index in [1.165, 1.54) is 69.2 Å². The molecule has 0 bridgehead atoms. The summed E-state index contributed by atoms with van der Waals surface area (Å²) in [5.41, 5.74) is 9.70. The molecule has 0 aliphatic rings. The van der Waals surface area contributed by atoms with E-state index in [0.29, 0.717) is 0 Å². The van der Waals surface area contributed by atoms with Crippen LogP contribution in [0.5, 0.6) is 0 Å². The highest BCUT2D eigenvalue weighted by atomic mass is 32.1. The minimum atomic E-state index is 0.855. The first kappa shape index (κ1) is 29.0. The number of benzene rings is 9. The van der Waals surface area contributed by atoms with Crippen LogP contribution >= 0.6 is 11.3 Å². The summed E-state index contributed by atoms with van der Waals surface area (Å²) in [4.78, 5) is 0. The summed E-state index contributed by atoms with van der Waals surface area (Å²) in [7, 11) is 0. The molecule has 3 heteroatoms. The van der Waals surface area contributed by atoms with Gasteiger partial charge in [-0.05, 0) is 91.0 Å². The maximum absolute atomic E-state index is 6.71. The molecule has 0 saturated heterocycles. The van der Waals surface area contributed by atoms with Crippen LogP contribution in [0.4, 0.5) is 0 Å². The third-order valence-corrected chi connectivity index (χ3v) is 12.3. The molecule has 12 aromatic rings. The van der Waals surface area contributed by atoms with Gasteiger partial charge in [0.05, 0.1) is 6.26 Å². The van der Waals surface area contributed by atoms with Gasteiger partial charge in [-0.1, -0.05) is 127 Å². The van der Waals surface area contributed by atoms with Crippen LogP contribution in [0.15, 0.2) is 179 Å². The molecule has 0 spiro atoms. The molecular formula is C50H28O2S. The lowest BCUT2D eigenvalue weighted by molar-refractivity contribution is 0.617. The van der Waals surface area contributed by atoms with Gasteiger partial charge in [0.1, 0.15) is 16.7 Å². The lowest BCUT2D eigenvalue weighted by Crippen LogP contribution is -1.91. The van der Waals surface area contributed by atoms with E-state index in [0.717, 1.165) is 49.6 Å². The molecule has 0 atom stereocenters. The summed E-state index contributed by atoms with van der Waals surface area (Å²) in [5, 5.41) is 13.2. The fourth-order valence-electron chi connectivity index (χ4n) is 8.71. The Morgan fingerprint density at radius 2 is 1.00 bits per heavy atom. The Morgan fingerprint density at radius 1 is 0.358 bits per heavy atom. The lowest BCUT2D eigenvalue weighted by atomic mass is 9.85. The molecule has 0 unspecified atom stereocenters. The van der Waals surface area contributed by atoms with E-state index < -0.39 is 0 Å². The largest absolute Gasteiger partial charge is 0.464 e. The van der Waals surface area contributed by atoms with Crippen molar-refractivity contribution in [2.24, 2.45) is 0 Å². The molecule has 53 heavy (non-hydrogen) atoms. The van der Waals surface area contributed by atoms with Crippen molar-refractivity contribution in [3.63, 3.8) is 0 Å². The van der Waals surface area contributed by atoms with Gasteiger partial charge < -0.3 is 8.83 Å². The topological polar surface area (TPSA) is 26.3 Å². The average Bonchev–Trinajstić information content (AvgIpc) is 3.91. The van der Waals surface area contributed by atoms with Gasteiger partial charge in [0, 0.05) is 47.5 Å². The number of hydrogen-bond donors (Lipinski definition) is 0. The summed E-state index contributed by atoms with van der Waals surface area (Å²) in [5.74, 6) is 0. The zero-order chi connectivity index (χ0) is 34.6. The van der Waals surface area contributed by atoms with Gasteiger partial charge in [-0.15, -0.1) is 11.3 Å². The van der Waals surface area contributed by atoms with E-state index in [1.54, 1.807) is 0 Å². The molecule has 0 N–H and O–H groups in total. The fourth-order valence-corrected chi connectivity index (χ4v) is 9.93. The van der Waals surface area contributed by atoms with Gasteiger partial charge in [0.2, 0.25) is 0 Å². The van der Waals surface area contributed by atoms with Crippen molar-refractivity contribution < 1.29 is 8.83 Å². The Balaban J connectivity index is 1.06. The van der Waals surface area contributed by atoms with Crippen LogP contribution in [-0.4, -0.2) is 0 Å². The minimum absolute atomic E-state index is 0.855. The number of fused-ring (bicyclic) bond motifs is 10. The number of thiophene rings is 1. The van der Waals surface area contributed by atoms with Gasteiger partial charge >= 0.3 is 0 Å². The normalized spacial score (nSPS) is 12.2. The van der Waals surface area contributed by atoms with Crippen LogP contribution in [0.1, 0.15) is 0 Å². The molecule has 0 amide bonds. The third-order valence-electron chi connectivity index (χ3n) is 11.1. The molecule has 246 valence electrons. The van der Waals surface area contributed by atoms with Crippen LogP contribution in [-0.2, 0) is 0 Å². The summed E-state index contributed by atoms with van der Waals surface area (Å²) < 4.78 is 15.5. The van der Waals surface area contributed by atoms with E-state index in [2.05, 4.69) is 164 Å². The van der Waals surface area contributed by atoms with Crippen molar-refractivity contribution in [1.82, 2.24) is 0 Å². The fraction of sp³-hybridized carbons (Fsp3) is 0. The van der Waals surface area contributed by atoms with E-state index in [1.807, 2.05) is 17.6 Å². The molecule has 12 rings (SSSR count). The third kappa shape index (κ3) is 4.20. The second kappa shape index (κ2) is 10.9. The van der Waals surface area contributed by atoms with Gasteiger partial charge in [-0.25, -0.2) is 0 Å². The molecule has 0 aliphatic heterocycles. The van der Waals surface area contributed by atoms with E-state index >= 15 is 0 Å². The first-order valence-electron chi connectivity index (χ1n) is 18.0. The monoisotopic (exact) mass is 692 g/mol. The quantitative estimate of drug-likeness (QED) is 0.172. The summed E-state index contributed by atoms with van der Waals surface area (Å²) in [6.45, 7) is 0. The average molecular weight is 693 g/mol. The van der Waals surface area contributed by atoms with Gasteiger partial charge in [0.15, 0.2) is 0 Å². The Labute approximate surface area is 307 Å². The van der Waals surface area contributed by atoms with E-state index in [4.69, 9.17) is 8.83 Å². The standard InChI is InChI=1S/C50H28O2S/c1-2-11-30-24-31(21-20-29(30)10-1)43-28-51-44-26-41-33-23-22-32(25-45(33)52-46(41)27-42(43)44)48-35-13-3-5-15-37(35)49(38-16-6-4-14-36(38)48)40-18-9-17-39-34-12-7-8-19-47(34)53-50(39)40/h1-28H. The molecule has 0 fully saturated rings. The van der Waals surface area contributed by atoms with Crippen molar-refractivity contribution >= 4 is 96.7 Å². The SMILES string of the molecule is c1ccc2cc(-c3coc4cc5c(cc34)oc3cc(-c4c6ccccc6c(-c6cccc7c6sc6ccccc67)c6ccccc46)ccc35)ccc2c1. The molecule has 0 radical (unpaired) electrons. The second-order valence-electron chi connectivity index (χ2n) is 14.0. The Hall–Kier alpha value is -6.68. The highest BCUT2D eigenvalue weighted by molar-refractivity contribution is 7.26.